The van der Waals surface area contributed by atoms with Gasteiger partial charge in [0.15, 0.2) is 0 Å². The van der Waals surface area contributed by atoms with Crippen molar-refractivity contribution in [2.75, 3.05) is 30.7 Å². The average molecular weight is 315 g/mol. The number of hydrogen-bond acceptors (Lipinski definition) is 6. The summed E-state index contributed by atoms with van der Waals surface area (Å²) in [5, 5.41) is 3.50. The van der Waals surface area contributed by atoms with Crippen molar-refractivity contribution in [3.63, 3.8) is 0 Å². The Labute approximate surface area is 124 Å². The number of nitrogens with one attached hydrogen (secondary N) is 1. The first-order valence-electron chi connectivity index (χ1n) is 6.54. The summed E-state index contributed by atoms with van der Waals surface area (Å²) in [7, 11) is -1.05. The van der Waals surface area contributed by atoms with Gasteiger partial charge in [-0.2, -0.15) is 4.98 Å². The largest absolute Gasteiger partial charge is 0.365 e. The van der Waals surface area contributed by atoms with Crippen LogP contribution >= 0.6 is 11.6 Å². The van der Waals surface area contributed by atoms with Crippen molar-refractivity contribution in [1.82, 2.24) is 14.9 Å². The van der Waals surface area contributed by atoms with Crippen molar-refractivity contribution in [2.45, 2.75) is 23.8 Å². The minimum atomic E-state index is -1.05. The molecule has 1 saturated heterocycles. The van der Waals surface area contributed by atoms with Crippen LogP contribution in [0.15, 0.2) is 4.90 Å². The molecule has 0 radical (unpaired) electrons. The van der Waals surface area contributed by atoms with Gasteiger partial charge in [-0.3, -0.25) is 9.11 Å². The van der Waals surface area contributed by atoms with Crippen LogP contribution in [0.5, 0.6) is 0 Å². The van der Waals surface area contributed by atoms with E-state index >= 15 is 0 Å². The topological polar surface area (TPSA) is 75.2 Å². The van der Waals surface area contributed by atoms with Crippen molar-refractivity contribution in [2.24, 2.45) is 0 Å². The summed E-state index contributed by atoms with van der Waals surface area (Å²) in [4.78, 5) is 21.6. The maximum absolute atomic E-state index is 12.0. The van der Waals surface area contributed by atoms with Gasteiger partial charge in [-0.15, -0.1) is 0 Å². The number of likely N-dealkylation sites (tertiary alicyclic amines) is 1. The smallest absolute Gasteiger partial charge is 0.224 e. The Morgan fingerprint density at radius 3 is 3.15 bits per heavy atom. The lowest BCUT2D eigenvalue weighted by Gasteiger charge is -2.16. The second kappa shape index (κ2) is 5.75. The zero-order valence-electron chi connectivity index (χ0n) is 10.8. The summed E-state index contributed by atoms with van der Waals surface area (Å²) in [5.74, 6) is 1.18. The van der Waals surface area contributed by atoms with E-state index in [0.29, 0.717) is 29.4 Å². The molecule has 6 nitrogen and oxygen atoms in total. The molecule has 2 aliphatic heterocycles. The first-order chi connectivity index (χ1) is 9.67. The van der Waals surface area contributed by atoms with Gasteiger partial charge in [-0.25, -0.2) is 4.98 Å². The van der Waals surface area contributed by atoms with Gasteiger partial charge in [0, 0.05) is 31.3 Å². The highest BCUT2D eigenvalue weighted by Crippen LogP contribution is 2.29. The fourth-order valence-electron chi connectivity index (χ4n) is 2.68. The number of aromatic nitrogens is 2. The third-order valence-corrected chi connectivity index (χ3v) is 5.23. The molecule has 8 heteroatoms. The molecule has 0 spiro atoms. The monoisotopic (exact) mass is 314 g/mol. The van der Waals surface area contributed by atoms with Crippen molar-refractivity contribution >= 4 is 34.5 Å². The number of fused-ring (bicyclic) bond motifs is 1. The third kappa shape index (κ3) is 2.70. The molecule has 2 aliphatic rings. The number of aldehydes is 1. The molecule has 1 unspecified atom stereocenters. The highest BCUT2D eigenvalue weighted by Gasteiger charge is 2.28. The Morgan fingerprint density at radius 2 is 2.35 bits per heavy atom. The number of carbonyl (C=O) groups excluding carboxylic acids is 1. The predicted molar refractivity (Wildman–Crippen MR) is 76.6 cm³/mol. The van der Waals surface area contributed by atoms with E-state index in [1.165, 1.54) is 0 Å². The lowest BCUT2D eigenvalue weighted by Crippen LogP contribution is -2.28. The number of hydrogen-bond donors (Lipinski definition) is 1. The first-order valence-corrected chi connectivity index (χ1v) is 8.24. The van der Waals surface area contributed by atoms with Crippen LogP contribution in [-0.2, 0) is 22.0 Å². The van der Waals surface area contributed by atoms with E-state index in [4.69, 9.17) is 11.6 Å². The van der Waals surface area contributed by atoms with Crippen LogP contribution in [0, 0.1) is 0 Å². The number of aryl methyl sites for hydroxylation is 1. The van der Waals surface area contributed by atoms with Gasteiger partial charge in [0.25, 0.3) is 0 Å². The van der Waals surface area contributed by atoms with Crippen LogP contribution in [0.4, 0.5) is 5.82 Å². The molecule has 1 fully saturated rings. The molecule has 0 bridgehead atoms. The minimum Gasteiger partial charge on any atom is -0.365 e. The zero-order chi connectivity index (χ0) is 14.1. The second-order valence-electron chi connectivity index (χ2n) is 4.97. The highest BCUT2D eigenvalue weighted by atomic mass is 35.5. The summed E-state index contributed by atoms with van der Waals surface area (Å²) in [6.07, 6.45) is 2.52. The number of anilines is 1. The van der Waals surface area contributed by atoms with E-state index in [1.807, 2.05) is 0 Å². The Kier molecular flexibility index (Phi) is 4.00. The molecule has 1 aromatic heterocycles. The molecule has 1 N–H and O–H groups in total. The highest BCUT2D eigenvalue weighted by molar-refractivity contribution is 7.85. The van der Waals surface area contributed by atoms with Gasteiger partial charge in [-0.05, 0) is 18.0 Å². The summed E-state index contributed by atoms with van der Waals surface area (Å²) in [6.45, 7) is 2.11. The van der Waals surface area contributed by atoms with Crippen LogP contribution in [0.3, 0.4) is 0 Å². The van der Waals surface area contributed by atoms with Crippen LogP contribution in [0.2, 0.25) is 5.28 Å². The molecule has 3 rings (SSSR count). The molecule has 0 aliphatic carbocycles. The molecule has 2 atom stereocenters. The van der Waals surface area contributed by atoms with E-state index in [0.717, 1.165) is 31.5 Å². The quantitative estimate of drug-likeness (QED) is 0.643. The van der Waals surface area contributed by atoms with Gasteiger partial charge in [0.05, 0.1) is 23.0 Å². The molecule has 1 aromatic rings. The Morgan fingerprint density at radius 1 is 1.50 bits per heavy atom. The Hall–Kier alpha value is -1.05. The summed E-state index contributed by atoms with van der Waals surface area (Å²) in [5.41, 5.74) is 0.786. The molecular weight excluding hydrogens is 300 g/mol. The number of carbonyl (C=O) groups is 1. The predicted octanol–water partition coefficient (Wildman–Crippen LogP) is 0.479. The summed E-state index contributed by atoms with van der Waals surface area (Å²) in [6, 6.07) is 0.197. The van der Waals surface area contributed by atoms with Crippen LogP contribution < -0.4 is 5.32 Å². The van der Waals surface area contributed by atoms with Crippen molar-refractivity contribution in [3.8, 4) is 0 Å². The van der Waals surface area contributed by atoms with Crippen LogP contribution in [0.1, 0.15) is 12.1 Å². The fraction of sp³-hybridized carbons (Fsp3) is 0.583. The average Bonchev–Trinajstić information content (AvgIpc) is 2.97. The Bertz CT molecular complexity index is 569. The Balaban J connectivity index is 1.78. The van der Waals surface area contributed by atoms with Gasteiger partial charge in [-0.1, -0.05) is 0 Å². The van der Waals surface area contributed by atoms with E-state index in [1.54, 1.807) is 0 Å². The summed E-state index contributed by atoms with van der Waals surface area (Å²) < 4.78 is 12.0. The van der Waals surface area contributed by atoms with Crippen molar-refractivity contribution < 1.29 is 9.00 Å². The van der Waals surface area contributed by atoms with Gasteiger partial charge in [0.2, 0.25) is 5.28 Å². The van der Waals surface area contributed by atoms with Gasteiger partial charge >= 0.3 is 0 Å². The number of nitrogens with zero attached hydrogens (tertiary/aromatic N) is 3. The first kappa shape index (κ1) is 13.9. The molecule has 108 valence electrons. The molecule has 0 aromatic carbocycles. The van der Waals surface area contributed by atoms with E-state index in [-0.39, 0.29) is 11.3 Å². The third-order valence-electron chi connectivity index (χ3n) is 3.61. The lowest BCUT2D eigenvalue weighted by atomic mass is 10.2. The molecule has 0 amide bonds. The number of rotatable bonds is 4. The normalized spacial score (nSPS) is 25.6. The van der Waals surface area contributed by atoms with Gasteiger partial charge < -0.3 is 10.1 Å². The van der Waals surface area contributed by atoms with Crippen molar-refractivity contribution in [3.05, 3.63) is 11.0 Å². The SMILES string of the molecule is O=CCN1CC[C@@H](Nc2nc(Cl)nc3c2S(=O)CC3)C1. The van der Waals surface area contributed by atoms with Gasteiger partial charge in [0.1, 0.15) is 17.0 Å². The van der Waals surface area contributed by atoms with Crippen LogP contribution in [0.25, 0.3) is 0 Å². The van der Waals surface area contributed by atoms with E-state index < -0.39 is 10.8 Å². The minimum absolute atomic E-state index is 0.188. The van der Waals surface area contributed by atoms with E-state index in [2.05, 4.69) is 20.2 Å². The second-order valence-corrected chi connectivity index (χ2v) is 6.82. The molecule has 0 saturated carbocycles. The molecule has 3 heterocycles. The maximum Gasteiger partial charge on any atom is 0.224 e. The van der Waals surface area contributed by atoms with Crippen LogP contribution in [-0.4, -0.2) is 56.8 Å². The fourth-order valence-corrected chi connectivity index (χ4v) is 4.18. The van der Waals surface area contributed by atoms with Crippen molar-refractivity contribution in [1.29, 1.82) is 0 Å². The van der Waals surface area contributed by atoms with E-state index in [9.17, 15) is 9.00 Å². The molecule has 20 heavy (non-hydrogen) atoms. The lowest BCUT2D eigenvalue weighted by molar-refractivity contribution is -0.108. The maximum atomic E-state index is 12.0. The standard InChI is InChI=1S/C12H15ClN4O2S/c13-12-15-9-2-6-20(19)10(9)11(16-12)14-8-1-3-17(7-8)4-5-18/h5,8H,1-4,6-7H2,(H,14,15,16)/t8-,20?/m1/s1. The summed E-state index contributed by atoms with van der Waals surface area (Å²) >= 11 is 5.92. The number of halogens is 1. The molecular formula is C12H15ClN4O2S. The zero-order valence-corrected chi connectivity index (χ0v) is 12.4.